The molecule has 1 aliphatic rings. The number of nitrogens with one attached hydrogen (secondary N) is 3. The fourth-order valence-corrected chi connectivity index (χ4v) is 0.597. The Morgan fingerprint density at radius 1 is 1.56 bits per heavy atom. The molecule has 1 heterocycles. The Labute approximate surface area is 52.8 Å². The highest BCUT2D eigenvalue weighted by molar-refractivity contribution is 6.09. The number of amidine groups is 1. The van der Waals surface area contributed by atoms with Crippen LogP contribution in [0.2, 0.25) is 0 Å². The van der Waals surface area contributed by atoms with E-state index in [4.69, 9.17) is 16.6 Å². The molecule has 0 amide bonds. The van der Waals surface area contributed by atoms with E-state index < -0.39 is 0 Å². The lowest BCUT2D eigenvalue weighted by Gasteiger charge is -2.12. The summed E-state index contributed by atoms with van der Waals surface area (Å²) in [4.78, 5) is 0. The molecule has 0 unspecified atom stereocenters. The number of rotatable bonds is 0. The molecule has 1 aliphatic heterocycles. The summed E-state index contributed by atoms with van der Waals surface area (Å²) in [5, 5.41) is 16.8. The summed E-state index contributed by atoms with van der Waals surface area (Å²) in [7, 11) is 0. The van der Waals surface area contributed by atoms with Crippen molar-refractivity contribution < 1.29 is 0 Å². The highest BCUT2D eigenvalue weighted by Gasteiger charge is 2.07. The monoisotopic (exact) mass is 124 g/mol. The lowest BCUT2D eigenvalue weighted by Crippen LogP contribution is -2.36. The van der Waals surface area contributed by atoms with Crippen LogP contribution in [0.4, 0.5) is 0 Å². The first-order valence-electron chi connectivity index (χ1n) is 2.57. The van der Waals surface area contributed by atoms with Crippen LogP contribution in [0.5, 0.6) is 0 Å². The van der Waals surface area contributed by atoms with Gasteiger partial charge in [-0.25, -0.2) is 0 Å². The third-order valence-electron chi connectivity index (χ3n) is 1.07. The van der Waals surface area contributed by atoms with Crippen molar-refractivity contribution in [2.75, 3.05) is 6.54 Å². The minimum Gasteiger partial charge on any atom is -0.396 e. The molecule has 48 valence electrons. The van der Waals surface area contributed by atoms with Gasteiger partial charge in [0.05, 0.1) is 18.0 Å². The molecular weight excluding hydrogens is 116 g/mol. The maximum absolute atomic E-state index is 7.09. The zero-order valence-electron chi connectivity index (χ0n) is 4.86. The Bertz CT molecular complexity index is 191. The largest absolute Gasteiger partial charge is 0.396 e. The second kappa shape index (κ2) is 1.89. The molecule has 0 spiro atoms. The summed E-state index contributed by atoms with van der Waals surface area (Å²) in [6, 6.07) is 0. The molecule has 4 nitrogen and oxygen atoms in total. The lowest BCUT2D eigenvalue weighted by atomic mass is 10.2. The number of hydrogen-bond acceptors (Lipinski definition) is 3. The lowest BCUT2D eigenvalue weighted by molar-refractivity contribution is 1.03. The van der Waals surface area contributed by atoms with E-state index in [0.717, 1.165) is 0 Å². The summed E-state index contributed by atoms with van der Waals surface area (Å²) < 4.78 is 0. The standard InChI is InChI=1S/C5H8N4/c6-3-1-4(7)5(8)9-2-3/h1,6H,2,7H2,(H2,8,9). The average Bonchev–Trinajstić information content (AvgIpc) is 1.80. The molecule has 0 bridgehead atoms. The van der Waals surface area contributed by atoms with Crippen LogP contribution in [0.25, 0.3) is 0 Å². The minimum absolute atomic E-state index is 0.214. The topological polar surface area (TPSA) is 85.8 Å². The molecular formula is C5H8N4. The first-order chi connectivity index (χ1) is 4.20. The predicted molar refractivity (Wildman–Crippen MR) is 35.7 cm³/mol. The Balaban J connectivity index is 2.84. The van der Waals surface area contributed by atoms with E-state index in [-0.39, 0.29) is 5.84 Å². The summed E-state index contributed by atoms with van der Waals surface area (Å²) in [5.41, 5.74) is 6.06. The average molecular weight is 124 g/mol. The predicted octanol–water partition coefficient (Wildman–Crippen LogP) is -0.571. The van der Waals surface area contributed by atoms with E-state index in [2.05, 4.69) is 5.32 Å². The van der Waals surface area contributed by atoms with Crippen molar-refractivity contribution in [3.63, 3.8) is 0 Å². The van der Waals surface area contributed by atoms with E-state index in [0.29, 0.717) is 18.0 Å². The highest BCUT2D eigenvalue weighted by atomic mass is 15.0. The van der Waals surface area contributed by atoms with Gasteiger partial charge in [0.2, 0.25) is 0 Å². The smallest absolute Gasteiger partial charge is 0.142 e. The third kappa shape index (κ3) is 1.07. The first-order valence-corrected chi connectivity index (χ1v) is 2.57. The van der Waals surface area contributed by atoms with E-state index in [1.807, 2.05) is 0 Å². The third-order valence-corrected chi connectivity index (χ3v) is 1.07. The molecule has 0 fully saturated rings. The van der Waals surface area contributed by atoms with Gasteiger partial charge < -0.3 is 16.5 Å². The zero-order valence-corrected chi connectivity index (χ0v) is 4.86. The molecule has 0 saturated heterocycles. The minimum atomic E-state index is 0.214. The van der Waals surface area contributed by atoms with Gasteiger partial charge in [0.1, 0.15) is 5.84 Å². The van der Waals surface area contributed by atoms with Gasteiger partial charge >= 0.3 is 0 Å². The maximum Gasteiger partial charge on any atom is 0.142 e. The quantitative estimate of drug-likeness (QED) is 0.348. The Hall–Kier alpha value is -1.32. The van der Waals surface area contributed by atoms with E-state index >= 15 is 0 Å². The summed E-state index contributed by atoms with van der Waals surface area (Å²) in [6.45, 7) is 0.416. The molecule has 0 aromatic rings. The van der Waals surface area contributed by atoms with Gasteiger partial charge in [0, 0.05) is 0 Å². The van der Waals surface area contributed by atoms with Crippen molar-refractivity contribution in [3.8, 4) is 0 Å². The van der Waals surface area contributed by atoms with Crippen LogP contribution in [0.15, 0.2) is 11.8 Å². The van der Waals surface area contributed by atoms with Gasteiger partial charge in [0.25, 0.3) is 0 Å². The van der Waals surface area contributed by atoms with Crippen molar-refractivity contribution in [2.24, 2.45) is 5.73 Å². The van der Waals surface area contributed by atoms with Gasteiger partial charge in [-0.2, -0.15) is 0 Å². The first kappa shape index (κ1) is 5.81. The van der Waals surface area contributed by atoms with Crippen LogP contribution >= 0.6 is 0 Å². The summed E-state index contributed by atoms with van der Waals surface area (Å²) in [5.74, 6) is 0.214. The molecule has 0 saturated carbocycles. The van der Waals surface area contributed by atoms with Gasteiger partial charge in [0.15, 0.2) is 0 Å². The Morgan fingerprint density at radius 3 is 2.67 bits per heavy atom. The molecule has 0 aliphatic carbocycles. The summed E-state index contributed by atoms with van der Waals surface area (Å²) in [6.07, 6.45) is 1.48. The van der Waals surface area contributed by atoms with Gasteiger partial charge in [-0.05, 0) is 6.08 Å². The van der Waals surface area contributed by atoms with E-state index in [9.17, 15) is 0 Å². The van der Waals surface area contributed by atoms with Crippen molar-refractivity contribution in [2.45, 2.75) is 0 Å². The zero-order chi connectivity index (χ0) is 6.85. The van der Waals surface area contributed by atoms with Crippen molar-refractivity contribution in [1.82, 2.24) is 5.32 Å². The molecule has 0 aromatic heterocycles. The fourth-order valence-electron chi connectivity index (χ4n) is 0.597. The van der Waals surface area contributed by atoms with Gasteiger partial charge in [-0.3, -0.25) is 5.41 Å². The van der Waals surface area contributed by atoms with Crippen LogP contribution in [-0.2, 0) is 0 Å². The highest BCUT2D eigenvalue weighted by Crippen LogP contribution is 1.91. The van der Waals surface area contributed by atoms with Crippen LogP contribution in [0.3, 0.4) is 0 Å². The SMILES string of the molecule is N=C1C=C(N)C(=N)NC1. The molecule has 4 heteroatoms. The van der Waals surface area contributed by atoms with Gasteiger partial charge in [-0.1, -0.05) is 0 Å². The van der Waals surface area contributed by atoms with Crippen LogP contribution in [0.1, 0.15) is 0 Å². The molecule has 1 rings (SSSR count). The second-order valence-corrected chi connectivity index (χ2v) is 1.85. The Kier molecular flexibility index (Phi) is 1.22. The number of hydrogen-bond donors (Lipinski definition) is 4. The fraction of sp³-hybridized carbons (Fsp3) is 0.200. The molecule has 0 radical (unpaired) electrons. The molecule has 9 heavy (non-hydrogen) atoms. The maximum atomic E-state index is 7.09. The van der Waals surface area contributed by atoms with E-state index in [1.165, 1.54) is 6.08 Å². The Morgan fingerprint density at radius 2 is 2.22 bits per heavy atom. The van der Waals surface area contributed by atoms with E-state index in [1.54, 1.807) is 0 Å². The number of nitrogens with two attached hydrogens (primary N) is 1. The van der Waals surface area contributed by atoms with Crippen LogP contribution in [-0.4, -0.2) is 18.1 Å². The summed E-state index contributed by atoms with van der Waals surface area (Å²) >= 11 is 0. The molecule has 5 N–H and O–H groups in total. The molecule has 0 atom stereocenters. The van der Waals surface area contributed by atoms with Crippen molar-refractivity contribution >= 4 is 11.5 Å². The second-order valence-electron chi connectivity index (χ2n) is 1.85. The van der Waals surface area contributed by atoms with Crippen molar-refractivity contribution in [3.05, 3.63) is 11.8 Å². The van der Waals surface area contributed by atoms with Crippen LogP contribution in [0, 0.1) is 10.8 Å². The molecule has 0 aromatic carbocycles. The van der Waals surface area contributed by atoms with Crippen LogP contribution < -0.4 is 11.1 Å². The van der Waals surface area contributed by atoms with Gasteiger partial charge in [-0.15, -0.1) is 0 Å². The normalized spacial score (nSPS) is 18.9. The van der Waals surface area contributed by atoms with Crippen molar-refractivity contribution in [1.29, 1.82) is 10.8 Å².